The van der Waals surface area contributed by atoms with Gasteiger partial charge in [0.1, 0.15) is 17.8 Å². The summed E-state index contributed by atoms with van der Waals surface area (Å²) in [6, 6.07) is 15.2. The number of nitriles is 2. The monoisotopic (exact) mass is 768 g/mol. The molecule has 4 atom stereocenters. The highest BCUT2D eigenvalue weighted by Crippen LogP contribution is 2.39. The number of rotatable bonds is 10. The molecule has 57 heavy (non-hydrogen) atoms. The average molecular weight is 769 g/mol. The fourth-order valence-corrected chi connectivity index (χ4v) is 8.78. The zero-order chi connectivity index (χ0) is 39.7. The molecule has 0 spiro atoms. The zero-order valence-corrected chi connectivity index (χ0v) is 32.1. The lowest BCUT2D eigenvalue weighted by Crippen LogP contribution is -2.49. The van der Waals surface area contributed by atoms with Gasteiger partial charge in [0.25, 0.3) is 5.91 Å². The number of amides is 2. The molecule has 2 saturated heterocycles. The molecule has 1 aliphatic carbocycles. The Hall–Kier alpha value is -6.06. The van der Waals surface area contributed by atoms with Crippen LogP contribution < -0.4 is 10.6 Å². The van der Waals surface area contributed by atoms with Crippen LogP contribution in [0.1, 0.15) is 106 Å². The summed E-state index contributed by atoms with van der Waals surface area (Å²) in [6.07, 6.45) is 14.3. The van der Waals surface area contributed by atoms with Crippen LogP contribution in [0.2, 0.25) is 0 Å². The van der Waals surface area contributed by atoms with Crippen LogP contribution in [0.25, 0.3) is 22.5 Å². The van der Waals surface area contributed by atoms with Crippen LogP contribution in [0.15, 0.2) is 61.2 Å². The number of benzene rings is 1. The van der Waals surface area contributed by atoms with Crippen LogP contribution in [0.5, 0.6) is 0 Å². The second-order valence-corrected chi connectivity index (χ2v) is 15.9. The fraction of sp³-hybridized carbons (Fsp3) is 0.452. The highest BCUT2D eigenvalue weighted by molar-refractivity contribution is 6.02. The van der Waals surface area contributed by atoms with E-state index in [2.05, 4.69) is 60.0 Å². The molecule has 6 heterocycles. The van der Waals surface area contributed by atoms with Gasteiger partial charge in [-0.05, 0) is 101 Å². The maximum absolute atomic E-state index is 15.5. The summed E-state index contributed by atoms with van der Waals surface area (Å²) < 4.78 is 18.9. The third kappa shape index (κ3) is 7.72. The summed E-state index contributed by atoms with van der Waals surface area (Å²) in [5, 5.41) is 38.5. The van der Waals surface area contributed by atoms with E-state index in [4.69, 9.17) is 0 Å². The number of aromatic nitrogens is 7. The van der Waals surface area contributed by atoms with Gasteiger partial charge in [0.2, 0.25) is 11.6 Å². The molecule has 3 fully saturated rings. The molecule has 2 amide bonds. The van der Waals surface area contributed by atoms with E-state index < -0.39 is 23.5 Å². The van der Waals surface area contributed by atoms with Gasteiger partial charge in [-0.2, -0.15) is 20.3 Å². The smallest absolute Gasteiger partial charge is 0.268 e. The number of pyridine rings is 2. The predicted octanol–water partition coefficient (Wildman–Crippen LogP) is 6.13. The molecule has 1 saturated carbocycles. The molecule has 2 aliphatic heterocycles. The van der Waals surface area contributed by atoms with Gasteiger partial charge in [0.05, 0.1) is 41.6 Å². The molecule has 8 rings (SSSR count). The Labute approximate surface area is 330 Å². The van der Waals surface area contributed by atoms with E-state index in [-0.39, 0.29) is 12.8 Å². The Kier molecular flexibility index (Phi) is 10.5. The number of nitrogens with one attached hydrogen (secondary N) is 2. The van der Waals surface area contributed by atoms with Crippen molar-refractivity contribution in [3.63, 3.8) is 0 Å². The van der Waals surface area contributed by atoms with Gasteiger partial charge in [-0.3, -0.25) is 14.9 Å². The molecule has 15 heteroatoms. The van der Waals surface area contributed by atoms with E-state index in [1.807, 2.05) is 24.4 Å². The molecule has 5 aromatic rings. The molecular weight excluding hydrogens is 724 g/mol. The second-order valence-electron chi connectivity index (χ2n) is 15.9. The first-order chi connectivity index (χ1) is 27.6. The van der Waals surface area contributed by atoms with Crippen molar-refractivity contribution >= 4 is 28.5 Å². The molecule has 4 aromatic heterocycles. The van der Waals surface area contributed by atoms with Crippen molar-refractivity contribution in [1.29, 1.82) is 10.5 Å². The Bertz CT molecular complexity index is 2370. The average Bonchev–Trinajstić information content (AvgIpc) is 3.90. The minimum absolute atomic E-state index is 0.00202. The molecule has 0 radical (unpaired) electrons. The maximum Gasteiger partial charge on any atom is 0.268 e. The van der Waals surface area contributed by atoms with Gasteiger partial charge in [-0.25, -0.2) is 19.0 Å². The van der Waals surface area contributed by atoms with Crippen molar-refractivity contribution in [3.8, 4) is 23.6 Å². The van der Waals surface area contributed by atoms with Crippen molar-refractivity contribution in [2.24, 2.45) is 5.92 Å². The van der Waals surface area contributed by atoms with E-state index in [0.29, 0.717) is 57.8 Å². The van der Waals surface area contributed by atoms with Gasteiger partial charge in [0.15, 0.2) is 11.5 Å². The van der Waals surface area contributed by atoms with Crippen molar-refractivity contribution in [2.45, 2.75) is 101 Å². The predicted molar refractivity (Wildman–Crippen MR) is 209 cm³/mol. The lowest BCUT2D eigenvalue weighted by molar-refractivity contribution is -0.144. The SMILES string of the molecule is C[C@H](C#N)Nc1cc(-n2ncc3cc(C#N)cnc32)ncc1-n1cc(C2CCC(CCN3CC[C@H](c4ccc([C@@]5(F)CCC(=O)NC5=O)cc4)C[C@H]3C)CC2)nn1. The number of halogens is 1. The van der Waals surface area contributed by atoms with Crippen LogP contribution in [0, 0.1) is 28.6 Å². The summed E-state index contributed by atoms with van der Waals surface area (Å²) in [5.41, 5.74) is 2.62. The van der Waals surface area contributed by atoms with E-state index in [0.717, 1.165) is 69.1 Å². The van der Waals surface area contributed by atoms with Crippen molar-refractivity contribution < 1.29 is 14.0 Å². The molecule has 2 N–H and O–H groups in total. The van der Waals surface area contributed by atoms with E-state index in [9.17, 15) is 20.1 Å². The summed E-state index contributed by atoms with van der Waals surface area (Å²) in [4.78, 5) is 35.5. The number of piperidine rings is 2. The second kappa shape index (κ2) is 15.8. The quantitative estimate of drug-likeness (QED) is 0.156. The van der Waals surface area contributed by atoms with Gasteiger partial charge in [-0.1, -0.05) is 29.5 Å². The van der Waals surface area contributed by atoms with E-state index in [1.165, 1.54) is 11.8 Å². The number of nitrogens with zero attached hydrogens (tertiary/aromatic N) is 10. The minimum atomic E-state index is -2.16. The molecule has 14 nitrogen and oxygen atoms in total. The van der Waals surface area contributed by atoms with E-state index in [1.54, 1.807) is 46.9 Å². The Morgan fingerprint density at radius 1 is 1.04 bits per heavy atom. The maximum atomic E-state index is 15.5. The first-order valence-electron chi connectivity index (χ1n) is 19.8. The zero-order valence-electron chi connectivity index (χ0n) is 32.1. The number of hydrogen-bond donors (Lipinski definition) is 2. The van der Waals surface area contributed by atoms with Crippen LogP contribution >= 0.6 is 0 Å². The Balaban J connectivity index is 0.850. The highest BCUT2D eigenvalue weighted by Gasteiger charge is 2.45. The third-order valence-electron chi connectivity index (χ3n) is 12.2. The molecular formula is C42H45FN12O2. The summed E-state index contributed by atoms with van der Waals surface area (Å²) >= 11 is 0. The number of fused-ring (bicyclic) bond motifs is 1. The summed E-state index contributed by atoms with van der Waals surface area (Å²) in [6.45, 7) is 6.17. The number of carbonyl (C=O) groups excluding carboxylic acids is 2. The normalized spacial score (nSPS) is 24.7. The molecule has 1 aromatic carbocycles. The number of likely N-dealkylation sites (tertiary alicyclic amines) is 1. The van der Waals surface area contributed by atoms with Gasteiger partial charge >= 0.3 is 0 Å². The first-order valence-corrected chi connectivity index (χ1v) is 19.8. The van der Waals surface area contributed by atoms with Crippen LogP contribution in [-0.4, -0.2) is 76.6 Å². The largest absolute Gasteiger partial charge is 0.368 e. The summed E-state index contributed by atoms with van der Waals surface area (Å²) in [7, 11) is 0. The molecule has 0 unspecified atom stereocenters. The highest BCUT2D eigenvalue weighted by atomic mass is 19.1. The van der Waals surface area contributed by atoms with E-state index >= 15 is 4.39 Å². The molecule has 292 valence electrons. The topological polar surface area (TPSA) is 183 Å². The third-order valence-corrected chi connectivity index (χ3v) is 12.2. The first kappa shape index (κ1) is 37.8. The van der Waals surface area contributed by atoms with Crippen LogP contribution in [0.4, 0.5) is 10.1 Å². The van der Waals surface area contributed by atoms with Crippen LogP contribution in [-0.2, 0) is 15.3 Å². The molecule has 3 aliphatic rings. The Morgan fingerprint density at radius 2 is 1.84 bits per heavy atom. The summed E-state index contributed by atoms with van der Waals surface area (Å²) in [5.74, 6) is 0.584. The lowest BCUT2D eigenvalue weighted by atomic mass is 9.79. The van der Waals surface area contributed by atoms with Gasteiger partial charge in [0, 0.05) is 42.5 Å². The standard InChI is InChI=1S/C42H45FN12O2/c1-26(20-44)49-35-19-38(55-40-33(23-48-55)18-29(21-45)22-47-40)46-24-37(35)54-25-36(51-52-54)31-5-3-28(4-6-31)12-15-53-16-13-32(17-27(53)2)30-7-9-34(10-8-30)42(43)14-11-39(56)50-41(42)57/h7-10,18-19,22-28,31-32H,3-6,11-17H2,1-2H3,(H,46,49)(H,50,56,57)/t26-,27-,28?,31?,32+,42+/m1/s1. The number of hydrogen-bond acceptors (Lipinski definition) is 11. The lowest BCUT2D eigenvalue weighted by Gasteiger charge is -2.39. The number of imide groups is 1. The number of carbonyl (C=O) groups is 2. The van der Waals surface area contributed by atoms with Crippen molar-refractivity contribution in [3.05, 3.63) is 83.6 Å². The van der Waals surface area contributed by atoms with Crippen molar-refractivity contribution in [2.75, 3.05) is 18.4 Å². The van der Waals surface area contributed by atoms with Gasteiger partial charge < -0.3 is 10.2 Å². The van der Waals surface area contributed by atoms with Crippen molar-refractivity contribution in [1.82, 2.24) is 45.0 Å². The fourth-order valence-electron chi connectivity index (χ4n) is 8.78. The number of alkyl halides is 1. The van der Waals surface area contributed by atoms with Gasteiger partial charge in [-0.15, -0.1) is 5.10 Å². The number of anilines is 1. The molecule has 0 bridgehead atoms. The van der Waals surface area contributed by atoms with Crippen LogP contribution in [0.3, 0.4) is 0 Å². The Morgan fingerprint density at radius 3 is 2.58 bits per heavy atom. The minimum Gasteiger partial charge on any atom is -0.368 e.